The molecule has 2 atom stereocenters. The molecule has 1 aliphatic heterocycles. The molecule has 4 nitrogen and oxygen atoms in total. The van der Waals surface area contributed by atoms with Crippen LogP contribution in [0.1, 0.15) is 32.3 Å². The van der Waals surface area contributed by atoms with Gasteiger partial charge in [0.05, 0.1) is 24.3 Å². The second kappa shape index (κ2) is 8.01. The van der Waals surface area contributed by atoms with Gasteiger partial charge in [-0.3, -0.25) is 0 Å². The minimum absolute atomic E-state index is 0.101. The summed E-state index contributed by atoms with van der Waals surface area (Å²) in [6.45, 7) is 6.07. The van der Waals surface area contributed by atoms with Crippen molar-refractivity contribution in [3.05, 3.63) is 22.2 Å². The predicted molar refractivity (Wildman–Crippen MR) is 87.1 cm³/mol. The van der Waals surface area contributed by atoms with Crippen molar-refractivity contribution >= 4 is 15.9 Å². The number of halogens is 1. The summed E-state index contributed by atoms with van der Waals surface area (Å²) in [7, 11) is 0. The monoisotopic (exact) mass is 357 g/mol. The van der Waals surface area contributed by atoms with Crippen LogP contribution in [0.15, 0.2) is 16.6 Å². The van der Waals surface area contributed by atoms with Gasteiger partial charge in [-0.2, -0.15) is 0 Å². The Hall–Kier alpha value is -0.780. The Morgan fingerprint density at radius 1 is 1.43 bits per heavy atom. The van der Waals surface area contributed by atoms with Crippen LogP contribution in [0.5, 0.6) is 11.5 Å². The average Bonchev–Trinajstić information content (AvgIpc) is 2.96. The van der Waals surface area contributed by atoms with Crippen molar-refractivity contribution in [2.24, 2.45) is 5.73 Å². The lowest BCUT2D eigenvalue weighted by atomic mass is 10.0. The Morgan fingerprint density at radius 3 is 2.86 bits per heavy atom. The van der Waals surface area contributed by atoms with Gasteiger partial charge in [0.1, 0.15) is 6.10 Å². The summed E-state index contributed by atoms with van der Waals surface area (Å²) in [6, 6.07) is 4.28. The molecule has 5 heteroatoms. The summed E-state index contributed by atoms with van der Waals surface area (Å²) < 4.78 is 18.1. The number of hydrogen-bond acceptors (Lipinski definition) is 4. The highest BCUT2D eigenvalue weighted by Crippen LogP contribution is 2.38. The van der Waals surface area contributed by atoms with E-state index in [0.717, 1.165) is 47.4 Å². The van der Waals surface area contributed by atoms with Crippen molar-refractivity contribution in [3.63, 3.8) is 0 Å². The Bertz CT molecular complexity index is 461. The van der Waals surface area contributed by atoms with Crippen LogP contribution in [0.2, 0.25) is 0 Å². The summed E-state index contributed by atoms with van der Waals surface area (Å²) in [5, 5.41) is 0. The lowest BCUT2D eigenvalue weighted by molar-refractivity contribution is 0.137. The highest BCUT2D eigenvalue weighted by molar-refractivity contribution is 9.10. The molecule has 0 radical (unpaired) electrons. The van der Waals surface area contributed by atoms with E-state index in [0.29, 0.717) is 13.2 Å². The van der Waals surface area contributed by atoms with Gasteiger partial charge in [0.2, 0.25) is 0 Å². The number of hydrogen-bond donors (Lipinski definition) is 1. The lowest BCUT2D eigenvalue weighted by Crippen LogP contribution is -2.21. The zero-order valence-electron chi connectivity index (χ0n) is 12.7. The minimum atomic E-state index is 0.101. The fraction of sp³-hybridized carbons (Fsp3) is 0.625. The Kier molecular flexibility index (Phi) is 6.33. The molecule has 2 rings (SSSR count). The Balaban J connectivity index is 2.21. The van der Waals surface area contributed by atoms with E-state index in [4.69, 9.17) is 19.9 Å². The number of rotatable bonds is 7. The summed E-state index contributed by atoms with van der Waals surface area (Å²) >= 11 is 3.60. The van der Waals surface area contributed by atoms with E-state index < -0.39 is 0 Å². The molecule has 1 aliphatic rings. The maximum absolute atomic E-state index is 6.05. The van der Waals surface area contributed by atoms with Gasteiger partial charge < -0.3 is 19.9 Å². The Morgan fingerprint density at radius 2 is 2.24 bits per heavy atom. The number of benzene rings is 1. The molecule has 1 saturated heterocycles. The van der Waals surface area contributed by atoms with Crippen LogP contribution < -0.4 is 15.2 Å². The van der Waals surface area contributed by atoms with Crippen LogP contribution >= 0.6 is 15.9 Å². The van der Waals surface area contributed by atoms with Gasteiger partial charge in [-0.1, -0.05) is 6.92 Å². The summed E-state index contributed by atoms with van der Waals surface area (Å²) in [6.07, 6.45) is 2.81. The van der Waals surface area contributed by atoms with Crippen LogP contribution in [-0.4, -0.2) is 32.0 Å². The van der Waals surface area contributed by atoms with Crippen LogP contribution in [0.4, 0.5) is 0 Å². The van der Waals surface area contributed by atoms with Gasteiger partial charge >= 0.3 is 0 Å². The van der Waals surface area contributed by atoms with E-state index in [9.17, 15) is 0 Å². The highest BCUT2D eigenvalue weighted by Gasteiger charge is 2.21. The SMILES string of the molecule is CCOc1cc(CC(N)CC)cc(Br)c1OC1CCOC1. The van der Waals surface area contributed by atoms with Gasteiger partial charge in [-0.05, 0) is 53.4 Å². The van der Waals surface area contributed by atoms with E-state index in [1.807, 2.05) is 13.0 Å². The third-order valence-electron chi connectivity index (χ3n) is 3.56. The van der Waals surface area contributed by atoms with Crippen molar-refractivity contribution in [1.82, 2.24) is 0 Å². The molecule has 21 heavy (non-hydrogen) atoms. The fourth-order valence-corrected chi connectivity index (χ4v) is 2.92. The zero-order valence-corrected chi connectivity index (χ0v) is 14.3. The second-order valence-corrected chi connectivity index (χ2v) is 6.17. The van der Waals surface area contributed by atoms with Gasteiger partial charge in [-0.15, -0.1) is 0 Å². The largest absolute Gasteiger partial charge is 0.490 e. The van der Waals surface area contributed by atoms with Crippen molar-refractivity contribution in [1.29, 1.82) is 0 Å². The normalized spacial score (nSPS) is 19.5. The van der Waals surface area contributed by atoms with Gasteiger partial charge in [0, 0.05) is 12.5 Å². The number of nitrogens with two attached hydrogens (primary N) is 1. The van der Waals surface area contributed by atoms with E-state index in [-0.39, 0.29) is 12.1 Å². The highest BCUT2D eigenvalue weighted by atomic mass is 79.9. The first kappa shape index (κ1) is 16.6. The van der Waals surface area contributed by atoms with Crippen molar-refractivity contribution in [3.8, 4) is 11.5 Å². The molecule has 0 aliphatic carbocycles. The maximum Gasteiger partial charge on any atom is 0.175 e. The molecule has 0 saturated carbocycles. The molecule has 0 amide bonds. The van der Waals surface area contributed by atoms with Crippen molar-refractivity contribution < 1.29 is 14.2 Å². The smallest absolute Gasteiger partial charge is 0.175 e. The average molecular weight is 358 g/mol. The van der Waals surface area contributed by atoms with Gasteiger partial charge in [0.25, 0.3) is 0 Å². The maximum atomic E-state index is 6.05. The van der Waals surface area contributed by atoms with Crippen LogP contribution in [0, 0.1) is 0 Å². The van der Waals surface area contributed by atoms with Crippen molar-refractivity contribution in [2.75, 3.05) is 19.8 Å². The first-order valence-corrected chi connectivity index (χ1v) is 8.38. The second-order valence-electron chi connectivity index (χ2n) is 5.31. The molecular formula is C16H24BrNO3. The minimum Gasteiger partial charge on any atom is -0.490 e. The van der Waals surface area contributed by atoms with Crippen LogP contribution in [-0.2, 0) is 11.2 Å². The molecule has 118 valence electrons. The standard InChI is InChI=1S/C16H24BrNO3/c1-3-12(18)7-11-8-14(17)16(15(9-11)20-4-2)21-13-5-6-19-10-13/h8-9,12-13H,3-7,10,18H2,1-2H3. The molecule has 0 spiro atoms. The Labute approximate surface area is 135 Å². The van der Waals surface area contributed by atoms with E-state index >= 15 is 0 Å². The molecule has 2 unspecified atom stereocenters. The topological polar surface area (TPSA) is 53.7 Å². The third-order valence-corrected chi connectivity index (χ3v) is 4.15. The summed E-state index contributed by atoms with van der Waals surface area (Å²) in [5.74, 6) is 1.54. The molecule has 1 heterocycles. The van der Waals surface area contributed by atoms with Crippen LogP contribution in [0.3, 0.4) is 0 Å². The first-order valence-electron chi connectivity index (χ1n) is 7.59. The summed E-state index contributed by atoms with van der Waals surface area (Å²) in [5.41, 5.74) is 7.21. The van der Waals surface area contributed by atoms with Gasteiger partial charge in [0.15, 0.2) is 11.5 Å². The van der Waals surface area contributed by atoms with Crippen LogP contribution in [0.25, 0.3) is 0 Å². The lowest BCUT2D eigenvalue weighted by Gasteiger charge is -2.19. The molecule has 1 aromatic carbocycles. The molecule has 1 aromatic rings. The molecular weight excluding hydrogens is 334 g/mol. The van der Waals surface area contributed by atoms with Gasteiger partial charge in [-0.25, -0.2) is 0 Å². The fourth-order valence-electron chi connectivity index (χ4n) is 2.34. The molecule has 2 N–H and O–H groups in total. The van der Waals surface area contributed by atoms with E-state index in [1.54, 1.807) is 0 Å². The first-order chi connectivity index (χ1) is 10.1. The quantitative estimate of drug-likeness (QED) is 0.813. The summed E-state index contributed by atoms with van der Waals surface area (Å²) in [4.78, 5) is 0. The molecule has 0 aromatic heterocycles. The number of ether oxygens (including phenoxy) is 3. The van der Waals surface area contributed by atoms with Crippen molar-refractivity contribution in [2.45, 2.75) is 45.3 Å². The predicted octanol–water partition coefficient (Wildman–Crippen LogP) is 3.30. The zero-order chi connectivity index (χ0) is 15.2. The molecule has 0 bridgehead atoms. The molecule has 1 fully saturated rings. The van der Waals surface area contributed by atoms with E-state index in [2.05, 4.69) is 28.9 Å². The van der Waals surface area contributed by atoms with E-state index in [1.165, 1.54) is 0 Å². The third kappa shape index (κ3) is 4.59.